The first-order valence-electron chi connectivity index (χ1n) is 7.35. The van der Waals surface area contributed by atoms with Gasteiger partial charge in [0.2, 0.25) is 0 Å². The Morgan fingerprint density at radius 2 is 1.85 bits per heavy atom. The topological polar surface area (TPSA) is 59.0 Å². The summed E-state index contributed by atoms with van der Waals surface area (Å²) in [6.07, 6.45) is 0.685. The van der Waals surface area contributed by atoms with Crippen LogP contribution in [0, 0.1) is 0 Å². The fourth-order valence-corrected chi connectivity index (χ4v) is 2.58. The predicted octanol–water partition coefficient (Wildman–Crippen LogP) is 2.91. The number of aliphatic hydroxyl groups is 1. The van der Waals surface area contributed by atoms with E-state index < -0.39 is 23.0 Å². The summed E-state index contributed by atoms with van der Waals surface area (Å²) in [5.41, 5.74) is -2.30. The quantitative estimate of drug-likeness (QED) is 0.867. The Morgan fingerprint density at radius 1 is 1.35 bits per heavy atom. The summed E-state index contributed by atoms with van der Waals surface area (Å²) < 4.78 is 11.2. The maximum absolute atomic E-state index is 12.5. The van der Waals surface area contributed by atoms with E-state index in [0.29, 0.717) is 19.4 Å². The number of rotatable bonds is 3. The molecule has 1 heterocycles. The minimum atomic E-state index is -0.954. The van der Waals surface area contributed by atoms with E-state index in [1.165, 1.54) is 0 Å². The molecule has 118 valence electrons. The third-order valence-corrected chi connectivity index (χ3v) is 3.92. The maximum atomic E-state index is 12.5. The van der Waals surface area contributed by atoms with Crippen LogP contribution in [0.4, 0.5) is 4.79 Å². The molecule has 0 aromatic rings. The van der Waals surface area contributed by atoms with E-state index in [2.05, 4.69) is 0 Å². The van der Waals surface area contributed by atoms with E-state index in [4.69, 9.17) is 9.47 Å². The Bertz CT molecular complexity index is 355. The monoisotopic (exact) mass is 287 g/mol. The van der Waals surface area contributed by atoms with E-state index in [-0.39, 0.29) is 6.04 Å². The van der Waals surface area contributed by atoms with Gasteiger partial charge in [-0.3, -0.25) is 4.90 Å². The van der Waals surface area contributed by atoms with Gasteiger partial charge in [0, 0.05) is 0 Å². The minimum absolute atomic E-state index is 0.324. The Balaban J connectivity index is 3.05. The van der Waals surface area contributed by atoms with Crippen LogP contribution in [0.15, 0.2) is 0 Å². The van der Waals surface area contributed by atoms with Crippen LogP contribution in [0.3, 0.4) is 0 Å². The summed E-state index contributed by atoms with van der Waals surface area (Å²) >= 11 is 0. The van der Waals surface area contributed by atoms with Crippen LogP contribution in [0.25, 0.3) is 0 Å². The summed E-state index contributed by atoms with van der Waals surface area (Å²) in [5, 5.41) is 10.7. The zero-order valence-corrected chi connectivity index (χ0v) is 13.8. The van der Waals surface area contributed by atoms with Crippen molar-refractivity contribution >= 4 is 6.09 Å². The molecule has 0 bridgehead atoms. The van der Waals surface area contributed by atoms with Crippen LogP contribution < -0.4 is 0 Å². The van der Waals surface area contributed by atoms with Gasteiger partial charge in [-0.2, -0.15) is 0 Å². The number of carbonyl (C=O) groups excluding carboxylic acids is 1. The predicted molar refractivity (Wildman–Crippen MR) is 77.4 cm³/mol. The van der Waals surface area contributed by atoms with E-state index in [9.17, 15) is 9.90 Å². The van der Waals surface area contributed by atoms with Gasteiger partial charge in [0.1, 0.15) is 11.3 Å². The Kier molecular flexibility index (Phi) is 4.76. The average Bonchev–Trinajstić information content (AvgIpc) is 2.62. The Morgan fingerprint density at radius 3 is 2.25 bits per heavy atom. The molecule has 1 N–H and O–H groups in total. The van der Waals surface area contributed by atoms with Crippen LogP contribution in [0.5, 0.6) is 0 Å². The van der Waals surface area contributed by atoms with Crippen molar-refractivity contribution in [1.29, 1.82) is 0 Å². The number of carbonyl (C=O) groups is 1. The van der Waals surface area contributed by atoms with E-state index in [0.717, 1.165) is 0 Å². The van der Waals surface area contributed by atoms with Gasteiger partial charge < -0.3 is 14.6 Å². The molecule has 1 fully saturated rings. The van der Waals surface area contributed by atoms with Crippen molar-refractivity contribution in [2.24, 2.45) is 0 Å². The molecule has 20 heavy (non-hydrogen) atoms. The molecule has 0 aromatic carbocycles. The lowest BCUT2D eigenvalue weighted by Crippen LogP contribution is -2.58. The fourth-order valence-electron chi connectivity index (χ4n) is 2.58. The summed E-state index contributed by atoms with van der Waals surface area (Å²) in [6.45, 7) is 13.3. The van der Waals surface area contributed by atoms with Crippen LogP contribution in [0.1, 0.15) is 61.3 Å². The van der Waals surface area contributed by atoms with Crippen LogP contribution in [-0.2, 0) is 9.47 Å². The number of hydrogen-bond donors (Lipinski definition) is 1. The molecule has 5 nitrogen and oxygen atoms in total. The molecule has 1 rings (SSSR count). The molecular formula is C15H29NO4. The minimum Gasteiger partial charge on any atom is -0.444 e. The molecule has 5 heteroatoms. The fraction of sp³-hybridized carbons (Fsp3) is 0.933. The van der Waals surface area contributed by atoms with Crippen molar-refractivity contribution in [3.63, 3.8) is 0 Å². The molecule has 0 radical (unpaired) electrons. The molecule has 1 unspecified atom stereocenters. The molecule has 0 aromatic heterocycles. The molecule has 1 saturated heterocycles. The first-order valence-corrected chi connectivity index (χ1v) is 7.35. The van der Waals surface area contributed by atoms with Gasteiger partial charge in [0.05, 0.1) is 18.2 Å². The van der Waals surface area contributed by atoms with Gasteiger partial charge >= 0.3 is 6.09 Å². The van der Waals surface area contributed by atoms with Crippen molar-refractivity contribution in [3.05, 3.63) is 0 Å². The molecule has 0 spiro atoms. The van der Waals surface area contributed by atoms with Gasteiger partial charge in [-0.25, -0.2) is 4.79 Å². The summed E-state index contributed by atoms with van der Waals surface area (Å²) in [4.78, 5) is 14.0. The Hall–Kier alpha value is -0.810. The van der Waals surface area contributed by atoms with Crippen molar-refractivity contribution < 1.29 is 19.4 Å². The molecular weight excluding hydrogens is 258 g/mol. The third kappa shape index (κ3) is 3.44. The highest BCUT2D eigenvalue weighted by molar-refractivity contribution is 5.70. The first kappa shape index (κ1) is 17.2. The Labute approximate surface area is 122 Å². The third-order valence-electron chi connectivity index (χ3n) is 3.92. The summed E-state index contributed by atoms with van der Waals surface area (Å²) in [6, 6.07) is -0.387. The molecule has 1 amide bonds. The first-order chi connectivity index (χ1) is 8.97. The second kappa shape index (κ2) is 5.53. The highest BCUT2D eigenvalue weighted by Gasteiger charge is 2.52. The van der Waals surface area contributed by atoms with E-state index >= 15 is 0 Å². The van der Waals surface area contributed by atoms with Crippen LogP contribution >= 0.6 is 0 Å². The molecule has 1 atom stereocenters. The zero-order chi connectivity index (χ0) is 15.8. The smallest absolute Gasteiger partial charge is 0.413 e. The normalized spacial score (nSPS) is 23.0. The summed E-state index contributed by atoms with van der Waals surface area (Å²) in [7, 11) is 0. The molecule has 1 aliphatic rings. The lowest BCUT2D eigenvalue weighted by molar-refractivity contribution is -0.0838. The zero-order valence-electron chi connectivity index (χ0n) is 13.8. The van der Waals surface area contributed by atoms with Crippen molar-refractivity contribution in [3.8, 4) is 0 Å². The number of nitrogens with zero attached hydrogens (tertiary/aromatic N) is 1. The second-order valence-electron chi connectivity index (χ2n) is 6.93. The lowest BCUT2D eigenvalue weighted by Gasteiger charge is -2.41. The average molecular weight is 287 g/mol. The lowest BCUT2D eigenvalue weighted by atomic mass is 9.88. The van der Waals surface area contributed by atoms with Crippen molar-refractivity contribution in [1.82, 2.24) is 4.90 Å². The molecule has 0 saturated carbocycles. The largest absolute Gasteiger partial charge is 0.444 e. The van der Waals surface area contributed by atoms with E-state index in [1.807, 2.05) is 48.5 Å². The van der Waals surface area contributed by atoms with Gasteiger partial charge in [-0.1, -0.05) is 13.8 Å². The molecule has 0 aliphatic carbocycles. The standard InChI is InChI=1S/C15H29NO4/c1-8-15(18,9-2)11-10-19-14(6,7)16(11)12(17)20-13(3,4)5/h11,18H,8-10H2,1-7H3. The van der Waals surface area contributed by atoms with E-state index in [1.54, 1.807) is 4.90 Å². The van der Waals surface area contributed by atoms with Gasteiger partial charge in [0.15, 0.2) is 0 Å². The van der Waals surface area contributed by atoms with Gasteiger partial charge in [-0.05, 0) is 47.5 Å². The highest BCUT2D eigenvalue weighted by atomic mass is 16.6. The van der Waals surface area contributed by atoms with Crippen LogP contribution in [0.2, 0.25) is 0 Å². The van der Waals surface area contributed by atoms with Crippen molar-refractivity contribution in [2.45, 2.75) is 84.3 Å². The van der Waals surface area contributed by atoms with Crippen molar-refractivity contribution in [2.75, 3.05) is 6.61 Å². The van der Waals surface area contributed by atoms with Gasteiger partial charge in [-0.15, -0.1) is 0 Å². The maximum Gasteiger partial charge on any atom is 0.413 e. The number of amides is 1. The highest BCUT2D eigenvalue weighted by Crippen LogP contribution is 2.37. The second-order valence-corrected chi connectivity index (χ2v) is 6.93. The molecule has 1 aliphatic heterocycles. The van der Waals surface area contributed by atoms with Gasteiger partial charge in [0.25, 0.3) is 0 Å². The number of hydrogen-bond acceptors (Lipinski definition) is 4. The number of ether oxygens (including phenoxy) is 2. The van der Waals surface area contributed by atoms with Crippen LogP contribution in [-0.4, -0.2) is 45.7 Å². The SMILES string of the molecule is CCC(O)(CC)C1COC(C)(C)N1C(=O)OC(C)(C)C. The summed E-state index contributed by atoms with van der Waals surface area (Å²) in [5.74, 6) is 0.